The van der Waals surface area contributed by atoms with Gasteiger partial charge in [-0.1, -0.05) is 19.1 Å². The summed E-state index contributed by atoms with van der Waals surface area (Å²) in [7, 11) is 0. The first-order chi connectivity index (χ1) is 12.2. The van der Waals surface area contributed by atoms with Crippen LogP contribution in [0.4, 0.5) is 8.78 Å². The van der Waals surface area contributed by atoms with Gasteiger partial charge < -0.3 is 15.0 Å². The largest absolute Gasteiger partial charge is 0.435 e. The zero-order chi connectivity index (χ0) is 19.4. The molecular weight excluding hydrogens is 342 g/mol. The standard InChI is InChI=1S/C19H22F2N2O3/c1-5-15-16(12(4)24)11(3)22-17(15)18(25)23-10(2)13-7-6-8-14(9-13)26-19(20)21/h6-10,19,22H,5H2,1-4H3,(H,23,25). The number of hydrogen-bond donors (Lipinski definition) is 2. The average molecular weight is 364 g/mol. The Kier molecular flexibility index (Phi) is 6.13. The maximum atomic E-state index is 12.7. The van der Waals surface area contributed by atoms with Crippen molar-refractivity contribution in [3.8, 4) is 5.75 Å². The highest BCUT2D eigenvalue weighted by Crippen LogP contribution is 2.23. The average Bonchev–Trinajstić information content (AvgIpc) is 2.91. The fourth-order valence-corrected chi connectivity index (χ4v) is 3.01. The summed E-state index contributed by atoms with van der Waals surface area (Å²) < 4.78 is 29.1. The Bertz CT molecular complexity index is 815. The molecule has 1 aromatic carbocycles. The Balaban J connectivity index is 2.22. The van der Waals surface area contributed by atoms with E-state index in [9.17, 15) is 18.4 Å². The monoisotopic (exact) mass is 364 g/mol. The number of Topliss-reactive ketones (excluding diaryl/α,β-unsaturated/α-hetero) is 1. The van der Waals surface area contributed by atoms with Crippen LogP contribution in [-0.2, 0) is 6.42 Å². The molecule has 1 unspecified atom stereocenters. The molecular formula is C19H22F2N2O3. The molecule has 1 amide bonds. The van der Waals surface area contributed by atoms with Crippen LogP contribution in [0, 0.1) is 6.92 Å². The summed E-state index contributed by atoms with van der Waals surface area (Å²) in [6.45, 7) is 3.93. The second-order valence-electron chi connectivity index (χ2n) is 6.03. The number of alkyl halides is 2. The first-order valence-electron chi connectivity index (χ1n) is 8.32. The van der Waals surface area contributed by atoms with E-state index in [2.05, 4.69) is 15.0 Å². The highest BCUT2D eigenvalue weighted by atomic mass is 19.3. The molecule has 7 heteroatoms. The number of aromatic nitrogens is 1. The van der Waals surface area contributed by atoms with Crippen molar-refractivity contribution in [3.05, 3.63) is 52.3 Å². The number of halogens is 2. The maximum Gasteiger partial charge on any atom is 0.387 e. The molecule has 140 valence electrons. The lowest BCUT2D eigenvalue weighted by Gasteiger charge is -2.16. The Labute approximate surface area is 150 Å². The summed E-state index contributed by atoms with van der Waals surface area (Å²) in [5, 5.41) is 2.82. The highest BCUT2D eigenvalue weighted by Gasteiger charge is 2.22. The lowest BCUT2D eigenvalue weighted by atomic mass is 10.0. The van der Waals surface area contributed by atoms with Gasteiger partial charge in [-0.3, -0.25) is 9.59 Å². The molecule has 2 rings (SSSR count). The number of carbonyl (C=O) groups is 2. The molecule has 0 radical (unpaired) electrons. The van der Waals surface area contributed by atoms with E-state index in [0.717, 1.165) is 0 Å². The summed E-state index contributed by atoms with van der Waals surface area (Å²) in [6, 6.07) is 5.74. The topological polar surface area (TPSA) is 71.2 Å². The minimum Gasteiger partial charge on any atom is -0.435 e. The molecule has 2 aromatic rings. The Hall–Kier alpha value is -2.70. The Morgan fingerprint density at radius 1 is 1.31 bits per heavy atom. The predicted molar refractivity (Wildman–Crippen MR) is 93.9 cm³/mol. The molecule has 0 bridgehead atoms. The summed E-state index contributed by atoms with van der Waals surface area (Å²) in [5.41, 5.74) is 2.85. The molecule has 1 atom stereocenters. The van der Waals surface area contributed by atoms with Crippen molar-refractivity contribution in [2.45, 2.75) is 46.8 Å². The molecule has 0 aliphatic rings. The first-order valence-corrected chi connectivity index (χ1v) is 8.32. The quantitative estimate of drug-likeness (QED) is 0.724. The van der Waals surface area contributed by atoms with Crippen LogP contribution in [-0.4, -0.2) is 23.3 Å². The van der Waals surface area contributed by atoms with Gasteiger partial charge in [-0.15, -0.1) is 0 Å². The van der Waals surface area contributed by atoms with Crippen molar-refractivity contribution in [2.75, 3.05) is 0 Å². The number of ether oxygens (including phenoxy) is 1. The molecule has 0 saturated heterocycles. The van der Waals surface area contributed by atoms with Gasteiger partial charge in [-0.05, 0) is 50.5 Å². The maximum absolute atomic E-state index is 12.7. The third-order valence-electron chi connectivity index (χ3n) is 4.15. The fraction of sp³-hybridized carbons (Fsp3) is 0.368. The molecule has 0 aliphatic heterocycles. The van der Waals surface area contributed by atoms with Crippen molar-refractivity contribution in [3.63, 3.8) is 0 Å². The predicted octanol–water partition coefficient (Wildman–Crippen LogP) is 4.18. The van der Waals surface area contributed by atoms with Crippen LogP contribution in [0.3, 0.4) is 0 Å². The van der Waals surface area contributed by atoms with Crippen LogP contribution in [0.5, 0.6) is 5.75 Å². The zero-order valence-corrected chi connectivity index (χ0v) is 15.2. The van der Waals surface area contributed by atoms with Crippen LogP contribution in [0.25, 0.3) is 0 Å². The number of aryl methyl sites for hydroxylation is 1. The summed E-state index contributed by atoms with van der Waals surface area (Å²) in [6.07, 6.45) is 0.536. The van der Waals surface area contributed by atoms with Crippen LogP contribution < -0.4 is 10.1 Å². The summed E-state index contributed by atoms with van der Waals surface area (Å²) >= 11 is 0. The molecule has 2 N–H and O–H groups in total. The first kappa shape index (κ1) is 19.6. The van der Waals surface area contributed by atoms with Gasteiger partial charge in [-0.2, -0.15) is 8.78 Å². The van der Waals surface area contributed by atoms with E-state index < -0.39 is 12.7 Å². The number of aromatic amines is 1. The highest BCUT2D eigenvalue weighted by molar-refractivity contribution is 6.02. The van der Waals surface area contributed by atoms with E-state index in [1.807, 2.05) is 6.92 Å². The zero-order valence-electron chi connectivity index (χ0n) is 15.2. The van der Waals surface area contributed by atoms with Crippen molar-refractivity contribution in [1.82, 2.24) is 10.3 Å². The van der Waals surface area contributed by atoms with E-state index >= 15 is 0 Å². The number of carbonyl (C=O) groups excluding carboxylic acids is 2. The van der Waals surface area contributed by atoms with E-state index in [1.54, 1.807) is 26.0 Å². The minimum absolute atomic E-state index is 0.0300. The number of amides is 1. The van der Waals surface area contributed by atoms with Gasteiger partial charge in [0.1, 0.15) is 11.4 Å². The van der Waals surface area contributed by atoms with E-state index in [-0.39, 0.29) is 17.4 Å². The Morgan fingerprint density at radius 2 is 2.00 bits per heavy atom. The van der Waals surface area contributed by atoms with E-state index in [0.29, 0.717) is 34.5 Å². The number of ketones is 1. The number of H-pyrrole nitrogens is 1. The molecule has 0 spiro atoms. The summed E-state index contributed by atoms with van der Waals surface area (Å²) in [5.74, 6) is -0.424. The van der Waals surface area contributed by atoms with Gasteiger partial charge >= 0.3 is 6.61 Å². The van der Waals surface area contributed by atoms with Crippen molar-refractivity contribution >= 4 is 11.7 Å². The molecule has 5 nitrogen and oxygen atoms in total. The normalized spacial score (nSPS) is 12.1. The van der Waals surface area contributed by atoms with E-state index in [1.165, 1.54) is 19.1 Å². The summed E-state index contributed by atoms with van der Waals surface area (Å²) in [4.78, 5) is 27.5. The van der Waals surface area contributed by atoms with Crippen LogP contribution >= 0.6 is 0 Å². The smallest absolute Gasteiger partial charge is 0.387 e. The fourth-order valence-electron chi connectivity index (χ4n) is 3.01. The lowest BCUT2D eigenvalue weighted by molar-refractivity contribution is -0.0499. The number of benzene rings is 1. The van der Waals surface area contributed by atoms with Crippen molar-refractivity contribution < 1.29 is 23.1 Å². The van der Waals surface area contributed by atoms with E-state index in [4.69, 9.17) is 0 Å². The Morgan fingerprint density at radius 3 is 2.58 bits per heavy atom. The van der Waals surface area contributed by atoms with Gasteiger partial charge in [0.25, 0.3) is 5.91 Å². The molecule has 26 heavy (non-hydrogen) atoms. The van der Waals surface area contributed by atoms with Crippen LogP contribution in [0.2, 0.25) is 0 Å². The number of rotatable bonds is 7. The van der Waals surface area contributed by atoms with Crippen molar-refractivity contribution in [2.24, 2.45) is 0 Å². The SMILES string of the molecule is CCc1c(C(=O)NC(C)c2cccc(OC(F)F)c2)[nH]c(C)c1C(C)=O. The van der Waals surface area contributed by atoms with Gasteiger partial charge in [-0.25, -0.2) is 0 Å². The van der Waals surface area contributed by atoms with Gasteiger partial charge in [0.05, 0.1) is 6.04 Å². The second kappa shape index (κ2) is 8.12. The third-order valence-corrected chi connectivity index (χ3v) is 4.15. The molecule has 1 aromatic heterocycles. The molecule has 0 saturated carbocycles. The lowest BCUT2D eigenvalue weighted by Crippen LogP contribution is -2.28. The number of nitrogens with one attached hydrogen (secondary N) is 2. The number of hydrogen-bond acceptors (Lipinski definition) is 3. The third kappa shape index (κ3) is 4.28. The van der Waals surface area contributed by atoms with Gasteiger partial charge in [0.2, 0.25) is 0 Å². The van der Waals surface area contributed by atoms with Crippen molar-refractivity contribution in [1.29, 1.82) is 0 Å². The van der Waals surface area contributed by atoms with Gasteiger partial charge in [0.15, 0.2) is 5.78 Å². The minimum atomic E-state index is -2.91. The molecule has 1 heterocycles. The van der Waals surface area contributed by atoms with Crippen LogP contribution in [0.15, 0.2) is 24.3 Å². The van der Waals surface area contributed by atoms with Crippen LogP contribution in [0.1, 0.15) is 64.5 Å². The molecule has 0 aliphatic carbocycles. The van der Waals surface area contributed by atoms with Gasteiger partial charge in [0, 0.05) is 11.3 Å². The molecule has 0 fully saturated rings. The second-order valence-corrected chi connectivity index (χ2v) is 6.03.